The minimum atomic E-state index is -0.362. The van der Waals surface area contributed by atoms with Crippen LogP contribution in [0.25, 0.3) is 0 Å². The Balaban J connectivity index is 1.47. The number of aliphatic imine (C=N–C) groups is 1. The number of rotatable bonds is 8. The van der Waals surface area contributed by atoms with Crippen LogP contribution in [0.1, 0.15) is 12.0 Å². The van der Waals surface area contributed by atoms with Crippen molar-refractivity contribution in [3.05, 3.63) is 54.0 Å². The van der Waals surface area contributed by atoms with Gasteiger partial charge in [0.2, 0.25) is 5.88 Å². The summed E-state index contributed by atoms with van der Waals surface area (Å²) >= 11 is 0. The van der Waals surface area contributed by atoms with Crippen LogP contribution in [0.4, 0.5) is 4.39 Å². The number of morpholine rings is 1. The molecule has 3 rings (SSSR count). The van der Waals surface area contributed by atoms with E-state index in [1.807, 2.05) is 6.07 Å². The second-order valence-corrected chi connectivity index (χ2v) is 6.46. The number of hydrogen-bond donors (Lipinski definition) is 2. The second kappa shape index (κ2) is 10.6. The van der Waals surface area contributed by atoms with Crippen molar-refractivity contribution >= 4 is 5.96 Å². The standard InChI is InChI=1S/C20H26FN5O2/c21-17-5-1-6-18(14-17)28-19-16(4-2-7-23-19)15-25-20(22)24-8-3-9-26-10-12-27-13-11-26/h1-2,4-7,14H,3,8-13,15H2,(H3,22,24,25). The van der Waals surface area contributed by atoms with Gasteiger partial charge in [-0.2, -0.15) is 0 Å². The summed E-state index contributed by atoms with van der Waals surface area (Å²) in [6.45, 7) is 5.67. The summed E-state index contributed by atoms with van der Waals surface area (Å²) in [5.41, 5.74) is 6.73. The topological polar surface area (TPSA) is 85.0 Å². The summed E-state index contributed by atoms with van der Waals surface area (Å²) in [7, 11) is 0. The smallest absolute Gasteiger partial charge is 0.224 e. The first-order valence-corrected chi connectivity index (χ1v) is 9.42. The SMILES string of the molecule is NC(=NCc1cccnc1Oc1cccc(F)c1)NCCCN1CCOCC1. The van der Waals surface area contributed by atoms with Gasteiger partial charge in [0.15, 0.2) is 5.96 Å². The number of guanidine groups is 1. The van der Waals surface area contributed by atoms with Crippen molar-refractivity contribution in [1.82, 2.24) is 15.2 Å². The Kier molecular flexibility index (Phi) is 7.57. The zero-order valence-electron chi connectivity index (χ0n) is 15.8. The van der Waals surface area contributed by atoms with Gasteiger partial charge in [0.1, 0.15) is 11.6 Å². The highest BCUT2D eigenvalue weighted by Crippen LogP contribution is 2.23. The number of nitrogens with one attached hydrogen (secondary N) is 1. The number of benzene rings is 1. The van der Waals surface area contributed by atoms with Gasteiger partial charge in [-0.1, -0.05) is 12.1 Å². The normalized spacial score (nSPS) is 15.4. The van der Waals surface area contributed by atoms with Crippen LogP contribution in [-0.4, -0.2) is 55.2 Å². The first-order valence-electron chi connectivity index (χ1n) is 9.42. The van der Waals surface area contributed by atoms with Gasteiger partial charge >= 0.3 is 0 Å². The van der Waals surface area contributed by atoms with Crippen LogP contribution in [0.2, 0.25) is 0 Å². The van der Waals surface area contributed by atoms with Crippen LogP contribution in [0.3, 0.4) is 0 Å². The molecule has 3 N–H and O–H groups in total. The van der Waals surface area contributed by atoms with Gasteiger partial charge in [0.05, 0.1) is 19.8 Å². The fourth-order valence-electron chi connectivity index (χ4n) is 2.85. The van der Waals surface area contributed by atoms with Gasteiger partial charge in [0.25, 0.3) is 0 Å². The van der Waals surface area contributed by atoms with Crippen molar-refractivity contribution in [1.29, 1.82) is 0 Å². The largest absolute Gasteiger partial charge is 0.439 e. The van der Waals surface area contributed by atoms with E-state index in [9.17, 15) is 4.39 Å². The number of halogens is 1. The van der Waals surface area contributed by atoms with Crippen LogP contribution in [0.5, 0.6) is 11.6 Å². The summed E-state index contributed by atoms with van der Waals surface area (Å²) in [6, 6.07) is 9.60. The molecule has 0 radical (unpaired) electrons. The molecule has 0 bridgehead atoms. The molecule has 0 atom stereocenters. The fraction of sp³-hybridized carbons (Fsp3) is 0.400. The lowest BCUT2D eigenvalue weighted by Crippen LogP contribution is -2.39. The Bertz CT molecular complexity index is 781. The molecule has 8 heteroatoms. The Morgan fingerprint density at radius 3 is 2.96 bits per heavy atom. The van der Waals surface area contributed by atoms with Crippen molar-refractivity contribution in [2.75, 3.05) is 39.4 Å². The molecular formula is C20H26FN5O2. The lowest BCUT2D eigenvalue weighted by molar-refractivity contribution is 0.0376. The molecule has 0 spiro atoms. The Labute approximate surface area is 164 Å². The number of ether oxygens (including phenoxy) is 2. The lowest BCUT2D eigenvalue weighted by Gasteiger charge is -2.26. The van der Waals surface area contributed by atoms with Crippen molar-refractivity contribution in [3.8, 4) is 11.6 Å². The molecule has 1 fully saturated rings. The van der Waals surface area contributed by atoms with E-state index in [0.29, 0.717) is 24.1 Å². The highest BCUT2D eigenvalue weighted by Gasteiger charge is 2.09. The average Bonchev–Trinajstić information content (AvgIpc) is 2.71. The van der Waals surface area contributed by atoms with Crippen LogP contribution in [-0.2, 0) is 11.3 Å². The molecule has 1 aromatic carbocycles. The molecule has 0 amide bonds. The maximum absolute atomic E-state index is 13.3. The summed E-state index contributed by atoms with van der Waals surface area (Å²) in [6.07, 6.45) is 2.60. The predicted molar refractivity (Wildman–Crippen MR) is 106 cm³/mol. The molecule has 150 valence electrons. The molecule has 7 nitrogen and oxygen atoms in total. The van der Waals surface area contributed by atoms with E-state index in [-0.39, 0.29) is 5.82 Å². The third kappa shape index (κ3) is 6.47. The maximum Gasteiger partial charge on any atom is 0.224 e. The van der Waals surface area contributed by atoms with E-state index >= 15 is 0 Å². The molecule has 1 aliphatic heterocycles. The van der Waals surface area contributed by atoms with Gasteiger partial charge in [-0.05, 0) is 31.2 Å². The molecule has 0 unspecified atom stereocenters. The Morgan fingerprint density at radius 1 is 1.29 bits per heavy atom. The first kappa shape index (κ1) is 20.0. The maximum atomic E-state index is 13.3. The lowest BCUT2D eigenvalue weighted by atomic mass is 10.2. The monoisotopic (exact) mass is 387 g/mol. The summed E-state index contributed by atoms with van der Waals surface area (Å²) in [4.78, 5) is 11.0. The minimum absolute atomic E-state index is 0.320. The summed E-state index contributed by atoms with van der Waals surface area (Å²) < 4.78 is 24.4. The molecule has 1 saturated heterocycles. The molecule has 2 aromatic rings. The van der Waals surface area contributed by atoms with Crippen molar-refractivity contribution < 1.29 is 13.9 Å². The van der Waals surface area contributed by atoms with Crippen LogP contribution >= 0.6 is 0 Å². The minimum Gasteiger partial charge on any atom is -0.439 e. The van der Waals surface area contributed by atoms with Crippen LogP contribution in [0.15, 0.2) is 47.6 Å². The molecular weight excluding hydrogens is 361 g/mol. The van der Waals surface area contributed by atoms with Crippen molar-refractivity contribution in [2.45, 2.75) is 13.0 Å². The number of aromatic nitrogens is 1. The van der Waals surface area contributed by atoms with Crippen LogP contribution < -0.4 is 15.8 Å². The highest BCUT2D eigenvalue weighted by atomic mass is 19.1. The Hall–Kier alpha value is -2.71. The molecule has 0 saturated carbocycles. The third-order valence-corrected chi connectivity index (χ3v) is 4.34. The number of nitrogens with two attached hydrogens (primary N) is 1. The van der Waals surface area contributed by atoms with Crippen LogP contribution in [0, 0.1) is 5.82 Å². The predicted octanol–water partition coefficient (Wildman–Crippen LogP) is 2.14. The zero-order valence-corrected chi connectivity index (χ0v) is 15.8. The van der Waals surface area contributed by atoms with E-state index < -0.39 is 0 Å². The van der Waals surface area contributed by atoms with E-state index in [1.165, 1.54) is 12.1 Å². The number of nitrogens with zero attached hydrogens (tertiary/aromatic N) is 3. The quantitative estimate of drug-likeness (QED) is 0.410. The molecule has 28 heavy (non-hydrogen) atoms. The van der Waals surface area contributed by atoms with E-state index in [1.54, 1.807) is 24.4 Å². The van der Waals surface area contributed by atoms with Gasteiger partial charge in [-0.15, -0.1) is 0 Å². The van der Waals surface area contributed by atoms with E-state index in [2.05, 4.69) is 20.2 Å². The van der Waals surface area contributed by atoms with Gasteiger partial charge in [0, 0.05) is 37.5 Å². The first-order chi connectivity index (χ1) is 13.7. The van der Waals surface area contributed by atoms with E-state index in [4.69, 9.17) is 15.2 Å². The van der Waals surface area contributed by atoms with Gasteiger partial charge < -0.3 is 20.5 Å². The molecule has 2 heterocycles. The number of hydrogen-bond acceptors (Lipinski definition) is 5. The van der Waals surface area contributed by atoms with Crippen molar-refractivity contribution in [3.63, 3.8) is 0 Å². The third-order valence-electron chi connectivity index (χ3n) is 4.34. The molecule has 1 aliphatic rings. The van der Waals surface area contributed by atoms with Crippen molar-refractivity contribution in [2.24, 2.45) is 10.7 Å². The molecule has 0 aliphatic carbocycles. The highest BCUT2D eigenvalue weighted by molar-refractivity contribution is 5.77. The fourth-order valence-corrected chi connectivity index (χ4v) is 2.85. The average molecular weight is 387 g/mol. The summed E-state index contributed by atoms with van der Waals surface area (Å²) in [5, 5.41) is 3.13. The van der Waals surface area contributed by atoms with E-state index in [0.717, 1.165) is 51.4 Å². The summed E-state index contributed by atoms with van der Waals surface area (Å²) in [5.74, 6) is 0.788. The van der Waals surface area contributed by atoms with Gasteiger partial charge in [-0.25, -0.2) is 14.4 Å². The zero-order chi connectivity index (χ0) is 19.6. The number of pyridine rings is 1. The second-order valence-electron chi connectivity index (χ2n) is 6.46. The Morgan fingerprint density at radius 2 is 2.14 bits per heavy atom. The molecule has 1 aromatic heterocycles. The van der Waals surface area contributed by atoms with Gasteiger partial charge in [-0.3, -0.25) is 4.90 Å².